The molecule has 0 saturated carbocycles. The summed E-state index contributed by atoms with van der Waals surface area (Å²) in [5.74, 6) is -1.25. The molecule has 1 unspecified atom stereocenters. The minimum atomic E-state index is -0.741. The van der Waals surface area contributed by atoms with Gasteiger partial charge in [-0.1, -0.05) is 29.3 Å². The highest BCUT2D eigenvalue weighted by Crippen LogP contribution is 2.16. The Bertz CT molecular complexity index is 319. The average Bonchev–Trinajstić information content (AvgIpc) is 2.46. The molecule has 0 aromatic heterocycles. The lowest BCUT2D eigenvalue weighted by molar-refractivity contribution is -0.143. The van der Waals surface area contributed by atoms with E-state index < -0.39 is 17.8 Å². The lowest BCUT2D eigenvalue weighted by Gasteiger charge is -2.19. The summed E-state index contributed by atoms with van der Waals surface area (Å²) in [6.07, 6.45) is 1.90. The van der Waals surface area contributed by atoms with Crippen molar-refractivity contribution in [2.24, 2.45) is 5.92 Å². The normalized spacial score (nSPS) is 18.6. The van der Waals surface area contributed by atoms with Crippen LogP contribution in [0.1, 0.15) is 19.8 Å². The van der Waals surface area contributed by atoms with Gasteiger partial charge in [-0.3, -0.25) is 19.4 Å². The summed E-state index contributed by atoms with van der Waals surface area (Å²) in [7, 11) is 1.32. The zero-order valence-corrected chi connectivity index (χ0v) is 11.0. The average molecular weight is 291 g/mol. The summed E-state index contributed by atoms with van der Waals surface area (Å²) in [6.45, 7) is 2.35. The second-order valence-corrected chi connectivity index (χ2v) is 4.52. The largest absolute Gasteiger partial charge is 0.333 e. The van der Waals surface area contributed by atoms with Crippen molar-refractivity contribution in [3.05, 3.63) is 0 Å². The number of carbonyl (C=O) groups is 3. The summed E-state index contributed by atoms with van der Waals surface area (Å²) >= 11 is 3.35. The van der Waals surface area contributed by atoms with Crippen molar-refractivity contribution in [1.82, 2.24) is 9.80 Å². The fraction of sp³-hybridized carbons (Fsp3) is 0.700. The molecule has 5 nitrogen and oxygen atoms in total. The predicted octanol–water partition coefficient (Wildman–Crippen LogP) is 1.22. The van der Waals surface area contributed by atoms with E-state index in [2.05, 4.69) is 15.9 Å². The van der Waals surface area contributed by atoms with Crippen molar-refractivity contribution in [2.75, 3.05) is 18.9 Å². The number of urea groups is 1. The molecule has 1 rings (SSSR count). The molecule has 0 aromatic rings. The summed E-state index contributed by atoms with van der Waals surface area (Å²) in [6, 6.07) is -0.517. The SMILES string of the molecule is CCCC(CBr)CN1C(=O)C(=O)N(C)C1=O. The number of alkyl halides is 1. The van der Waals surface area contributed by atoms with Gasteiger partial charge in [-0.2, -0.15) is 0 Å². The van der Waals surface area contributed by atoms with Crippen LogP contribution >= 0.6 is 15.9 Å². The lowest BCUT2D eigenvalue weighted by Crippen LogP contribution is -2.36. The van der Waals surface area contributed by atoms with Crippen molar-refractivity contribution in [1.29, 1.82) is 0 Å². The first-order valence-electron chi connectivity index (χ1n) is 5.22. The Kier molecular flexibility index (Phi) is 4.46. The highest BCUT2D eigenvalue weighted by atomic mass is 79.9. The van der Waals surface area contributed by atoms with Gasteiger partial charge in [-0.05, 0) is 12.3 Å². The van der Waals surface area contributed by atoms with E-state index in [0.717, 1.165) is 28.0 Å². The molecule has 4 amide bonds. The van der Waals surface area contributed by atoms with Crippen LogP contribution in [-0.4, -0.2) is 46.6 Å². The number of imide groups is 2. The van der Waals surface area contributed by atoms with Gasteiger partial charge < -0.3 is 0 Å². The molecule has 0 N–H and O–H groups in total. The van der Waals surface area contributed by atoms with Crippen molar-refractivity contribution >= 4 is 33.8 Å². The summed E-state index contributed by atoms with van der Waals surface area (Å²) < 4.78 is 0. The Morgan fingerprint density at radius 1 is 1.25 bits per heavy atom. The number of hydrogen-bond acceptors (Lipinski definition) is 3. The standard InChI is InChI=1S/C10H15BrN2O3/c1-3-4-7(5-11)6-13-9(15)8(14)12(2)10(13)16/h7H,3-6H2,1-2H3. The molecular formula is C10H15BrN2O3. The van der Waals surface area contributed by atoms with Gasteiger partial charge in [-0.25, -0.2) is 4.79 Å². The maximum Gasteiger partial charge on any atom is 0.333 e. The number of amides is 4. The Morgan fingerprint density at radius 3 is 2.25 bits per heavy atom. The minimum Gasteiger partial charge on any atom is -0.263 e. The third-order valence-corrected chi connectivity index (χ3v) is 3.52. The molecule has 1 atom stereocenters. The molecule has 1 aliphatic rings. The monoisotopic (exact) mass is 290 g/mol. The molecule has 1 aliphatic heterocycles. The number of carbonyl (C=O) groups excluding carboxylic acids is 3. The maximum absolute atomic E-state index is 11.6. The van der Waals surface area contributed by atoms with Gasteiger partial charge in [0.2, 0.25) is 0 Å². The van der Waals surface area contributed by atoms with E-state index in [1.165, 1.54) is 7.05 Å². The Balaban J connectivity index is 2.70. The van der Waals surface area contributed by atoms with Gasteiger partial charge in [0.1, 0.15) is 0 Å². The van der Waals surface area contributed by atoms with Crippen molar-refractivity contribution in [3.8, 4) is 0 Å². The van der Waals surface area contributed by atoms with Gasteiger partial charge in [-0.15, -0.1) is 0 Å². The van der Waals surface area contributed by atoms with Crippen LogP contribution in [0, 0.1) is 5.92 Å². The Labute approximate surface area is 103 Å². The number of halogens is 1. The van der Waals surface area contributed by atoms with E-state index >= 15 is 0 Å². The van der Waals surface area contributed by atoms with Crippen LogP contribution < -0.4 is 0 Å². The molecule has 90 valence electrons. The highest BCUT2D eigenvalue weighted by molar-refractivity contribution is 9.09. The number of hydrogen-bond donors (Lipinski definition) is 0. The van der Waals surface area contributed by atoms with Crippen LogP contribution in [0.15, 0.2) is 0 Å². The fourth-order valence-electron chi connectivity index (χ4n) is 1.66. The Morgan fingerprint density at radius 2 is 1.88 bits per heavy atom. The first kappa shape index (κ1) is 13.2. The zero-order valence-electron chi connectivity index (χ0n) is 9.40. The van der Waals surface area contributed by atoms with E-state index in [4.69, 9.17) is 0 Å². The molecule has 0 spiro atoms. The number of rotatable bonds is 5. The molecule has 0 aliphatic carbocycles. The second kappa shape index (κ2) is 5.43. The highest BCUT2D eigenvalue weighted by Gasteiger charge is 2.42. The van der Waals surface area contributed by atoms with E-state index in [1.807, 2.05) is 6.92 Å². The molecule has 1 heterocycles. The Hall–Kier alpha value is -0.910. The van der Waals surface area contributed by atoms with Crippen LogP contribution in [0.4, 0.5) is 4.79 Å². The van der Waals surface area contributed by atoms with Gasteiger partial charge in [0.15, 0.2) is 0 Å². The molecule has 1 fully saturated rings. The third-order valence-electron chi connectivity index (χ3n) is 2.61. The summed E-state index contributed by atoms with van der Waals surface area (Å²) in [5, 5.41) is 0.718. The molecule has 6 heteroatoms. The van der Waals surface area contributed by atoms with Crippen LogP contribution in [0.5, 0.6) is 0 Å². The first-order chi connectivity index (χ1) is 7.52. The summed E-state index contributed by atoms with van der Waals surface area (Å²) in [5.41, 5.74) is 0. The van der Waals surface area contributed by atoms with E-state index in [-0.39, 0.29) is 5.92 Å². The number of likely N-dealkylation sites (N-methyl/N-ethyl adjacent to an activating group) is 1. The maximum atomic E-state index is 11.6. The van der Waals surface area contributed by atoms with Crippen LogP contribution in [0.25, 0.3) is 0 Å². The van der Waals surface area contributed by atoms with Crippen molar-refractivity contribution in [3.63, 3.8) is 0 Å². The minimum absolute atomic E-state index is 0.206. The van der Waals surface area contributed by atoms with Crippen LogP contribution in [-0.2, 0) is 9.59 Å². The van der Waals surface area contributed by atoms with Gasteiger partial charge in [0, 0.05) is 18.9 Å². The van der Waals surface area contributed by atoms with E-state index in [0.29, 0.717) is 6.54 Å². The van der Waals surface area contributed by atoms with E-state index in [9.17, 15) is 14.4 Å². The molecule has 1 saturated heterocycles. The fourth-order valence-corrected chi connectivity index (χ4v) is 2.19. The van der Waals surface area contributed by atoms with Gasteiger partial charge >= 0.3 is 17.8 Å². The molecular weight excluding hydrogens is 276 g/mol. The van der Waals surface area contributed by atoms with E-state index in [1.54, 1.807) is 0 Å². The van der Waals surface area contributed by atoms with Crippen molar-refractivity contribution < 1.29 is 14.4 Å². The first-order valence-corrected chi connectivity index (χ1v) is 6.34. The molecule has 16 heavy (non-hydrogen) atoms. The lowest BCUT2D eigenvalue weighted by atomic mass is 10.1. The zero-order chi connectivity index (χ0) is 12.3. The molecule has 0 bridgehead atoms. The molecule has 0 radical (unpaired) electrons. The molecule has 0 aromatic carbocycles. The quantitative estimate of drug-likeness (QED) is 0.435. The van der Waals surface area contributed by atoms with Gasteiger partial charge in [0.05, 0.1) is 0 Å². The topological polar surface area (TPSA) is 57.7 Å². The third kappa shape index (κ3) is 2.42. The smallest absolute Gasteiger partial charge is 0.263 e. The van der Waals surface area contributed by atoms with Gasteiger partial charge in [0.25, 0.3) is 0 Å². The van der Waals surface area contributed by atoms with Crippen LogP contribution in [0.2, 0.25) is 0 Å². The van der Waals surface area contributed by atoms with Crippen LogP contribution in [0.3, 0.4) is 0 Å². The predicted molar refractivity (Wildman–Crippen MR) is 62.1 cm³/mol. The summed E-state index contributed by atoms with van der Waals surface area (Å²) in [4.78, 5) is 36.2. The number of nitrogens with zero attached hydrogens (tertiary/aromatic N) is 2. The second-order valence-electron chi connectivity index (χ2n) is 3.87. The van der Waals surface area contributed by atoms with Crippen molar-refractivity contribution in [2.45, 2.75) is 19.8 Å².